The van der Waals surface area contributed by atoms with Crippen LogP contribution in [0.3, 0.4) is 0 Å². The van der Waals surface area contributed by atoms with Crippen LogP contribution in [0.25, 0.3) is 0 Å². The summed E-state index contributed by atoms with van der Waals surface area (Å²) in [5, 5.41) is 0. The maximum Gasteiger partial charge on any atom is 0.123 e. The average Bonchev–Trinajstić information content (AvgIpc) is 2.22. The van der Waals surface area contributed by atoms with E-state index < -0.39 is 0 Å². The van der Waals surface area contributed by atoms with E-state index in [-0.39, 0.29) is 0 Å². The van der Waals surface area contributed by atoms with Crippen LogP contribution in [0.4, 0.5) is 0 Å². The van der Waals surface area contributed by atoms with Gasteiger partial charge in [-0.15, -0.1) is 0 Å². The Labute approximate surface area is 90.4 Å². The van der Waals surface area contributed by atoms with E-state index in [1.165, 1.54) is 11.1 Å². The van der Waals surface area contributed by atoms with Gasteiger partial charge < -0.3 is 4.74 Å². The number of rotatable bonds is 1. The van der Waals surface area contributed by atoms with Crippen molar-refractivity contribution < 1.29 is 4.74 Å². The van der Waals surface area contributed by atoms with Gasteiger partial charge in [-0.25, -0.2) is 0 Å². The van der Waals surface area contributed by atoms with Crippen LogP contribution >= 0.6 is 0 Å². The fraction of sp³-hybridized carbons (Fsp3) is 0.308. The summed E-state index contributed by atoms with van der Waals surface area (Å²) in [6.45, 7) is 10.2. The molecule has 0 aromatic rings. The van der Waals surface area contributed by atoms with Crippen LogP contribution in [0, 0.1) is 0 Å². The first kappa shape index (κ1) is 9.97. The molecule has 2 heteroatoms. The fourth-order valence-electron chi connectivity index (χ4n) is 1.92. The minimum Gasteiger partial charge on any atom is -0.489 e. The van der Waals surface area contributed by atoms with Crippen molar-refractivity contribution in [3.8, 4) is 0 Å². The van der Waals surface area contributed by atoms with Crippen molar-refractivity contribution >= 4 is 6.72 Å². The summed E-state index contributed by atoms with van der Waals surface area (Å²) in [6.07, 6.45) is 5.96. The molecule has 1 aliphatic heterocycles. The smallest absolute Gasteiger partial charge is 0.123 e. The molecule has 2 nitrogen and oxygen atoms in total. The molecule has 0 radical (unpaired) electrons. The van der Waals surface area contributed by atoms with Crippen LogP contribution in [0.2, 0.25) is 0 Å². The predicted molar refractivity (Wildman–Crippen MR) is 62.7 cm³/mol. The van der Waals surface area contributed by atoms with Crippen molar-refractivity contribution in [2.75, 3.05) is 6.61 Å². The highest BCUT2D eigenvalue weighted by Crippen LogP contribution is 2.35. The minimum atomic E-state index is 0.556. The van der Waals surface area contributed by atoms with Gasteiger partial charge in [0, 0.05) is 17.3 Å². The molecular weight excluding hydrogens is 186 g/mol. The zero-order chi connectivity index (χ0) is 10.8. The molecule has 0 aromatic heterocycles. The van der Waals surface area contributed by atoms with E-state index in [0.29, 0.717) is 6.61 Å². The number of hydrogen-bond donors (Lipinski definition) is 0. The van der Waals surface area contributed by atoms with Gasteiger partial charge in [-0.05, 0) is 38.1 Å². The van der Waals surface area contributed by atoms with Crippen LogP contribution < -0.4 is 0 Å². The molecule has 1 aliphatic carbocycles. The molecule has 0 saturated carbocycles. The number of hydrogen-bond acceptors (Lipinski definition) is 2. The van der Waals surface area contributed by atoms with Gasteiger partial charge in [0.15, 0.2) is 0 Å². The third-order valence-electron chi connectivity index (χ3n) is 2.83. The molecule has 0 atom stereocenters. The maximum atomic E-state index is 5.67. The molecule has 0 N–H and O–H groups in total. The molecule has 2 aliphatic rings. The van der Waals surface area contributed by atoms with Gasteiger partial charge >= 0.3 is 0 Å². The Kier molecular flexibility index (Phi) is 2.58. The lowest BCUT2D eigenvalue weighted by Crippen LogP contribution is -2.14. The quantitative estimate of drug-likeness (QED) is 0.597. The fourth-order valence-corrected chi connectivity index (χ4v) is 1.92. The Balaban J connectivity index is 2.37. The van der Waals surface area contributed by atoms with Gasteiger partial charge in [0.25, 0.3) is 0 Å². The summed E-state index contributed by atoms with van der Waals surface area (Å²) in [4.78, 5) is 3.77. The second-order valence-corrected chi connectivity index (χ2v) is 3.94. The highest BCUT2D eigenvalue weighted by atomic mass is 16.5. The summed E-state index contributed by atoms with van der Waals surface area (Å²) >= 11 is 0. The van der Waals surface area contributed by atoms with Gasteiger partial charge in [-0.3, -0.25) is 4.99 Å². The van der Waals surface area contributed by atoms with Gasteiger partial charge in [0.1, 0.15) is 12.4 Å². The van der Waals surface area contributed by atoms with Crippen molar-refractivity contribution in [3.05, 3.63) is 46.9 Å². The SMILES string of the molecule is C=N/C=C1/COC2=C(CCC(C)=C2)C1=C. The minimum absolute atomic E-state index is 0.556. The van der Waals surface area contributed by atoms with Crippen LogP contribution in [0.15, 0.2) is 51.9 Å². The van der Waals surface area contributed by atoms with Crippen LogP contribution in [0.1, 0.15) is 19.8 Å². The van der Waals surface area contributed by atoms with E-state index in [1.807, 2.05) is 0 Å². The Bertz CT molecular complexity index is 410. The molecule has 0 saturated heterocycles. The monoisotopic (exact) mass is 201 g/mol. The molecular formula is C13H15NO. The van der Waals surface area contributed by atoms with E-state index in [2.05, 4.69) is 31.3 Å². The molecule has 1 heterocycles. The van der Waals surface area contributed by atoms with Crippen molar-refractivity contribution in [3.63, 3.8) is 0 Å². The van der Waals surface area contributed by atoms with Crippen molar-refractivity contribution in [1.29, 1.82) is 0 Å². The van der Waals surface area contributed by atoms with E-state index in [0.717, 1.165) is 29.7 Å². The Morgan fingerprint density at radius 2 is 2.27 bits per heavy atom. The first-order valence-electron chi connectivity index (χ1n) is 5.10. The summed E-state index contributed by atoms with van der Waals surface area (Å²) in [5.41, 5.74) is 4.70. The molecule has 0 unspecified atom stereocenters. The van der Waals surface area contributed by atoms with E-state index in [1.54, 1.807) is 6.20 Å². The number of aliphatic imine (C=N–C) groups is 1. The number of nitrogens with zero attached hydrogens (tertiary/aromatic N) is 1. The summed E-state index contributed by atoms with van der Waals surface area (Å²) < 4.78 is 5.67. The first-order valence-corrected chi connectivity index (χ1v) is 5.10. The summed E-state index contributed by atoms with van der Waals surface area (Å²) in [6, 6.07) is 0. The molecule has 2 rings (SSSR count). The normalized spacial score (nSPS) is 23.4. The molecule has 78 valence electrons. The van der Waals surface area contributed by atoms with Gasteiger partial charge in [0.2, 0.25) is 0 Å². The molecule has 0 spiro atoms. The second-order valence-electron chi connectivity index (χ2n) is 3.94. The van der Waals surface area contributed by atoms with E-state index in [4.69, 9.17) is 4.74 Å². The van der Waals surface area contributed by atoms with Gasteiger partial charge in [-0.1, -0.05) is 12.2 Å². The Morgan fingerprint density at radius 3 is 3.00 bits per heavy atom. The van der Waals surface area contributed by atoms with Crippen LogP contribution in [-0.4, -0.2) is 13.3 Å². The van der Waals surface area contributed by atoms with Crippen molar-refractivity contribution in [2.24, 2.45) is 4.99 Å². The number of ether oxygens (including phenoxy) is 1. The van der Waals surface area contributed by atoms with Crippen LogP contribution in [-0.2, 0) is 4.74 Å². The van der Waals surface area contributed by atoms with Crippen molar-refractivity contribution in [2.45, 2.75) is 19.8 Å². The third-order valence-corrected chi connectivity index (χ3v) is 2.83. The zero-order valence-electron chi connectivity index (χ0n) is 9.05. The average molecular weight is 201 g/mol. The molecule has 0 amide bonds. The maximum absolute atomic E-state index is 5.67. The van der Waals surface area contributed by atoms with Crippen molar-refractivity contribution in [1.82, 2.24) is 0 Å². The van der Waals surface area contributed by atoms with Gasteiger partial charge in [-0.2, -0.15) is 0 Å². The molecule has 15 heavy (non-hydrogen) atoms. The summed E-state index contributed by atoms with van der Waals surface area (Å²) in [5.74, 6) is 0.991. The van der Waals surface area contributed by atoms with E-state index in [9.17, 15) is 0 Å². The Morgan fingerprint density at radius 1 is 1.47 bits per heavy atom. The summed E-state index contributed by atoms with van der Waals surface area (Å²) in [7, 11) is 0. The first-order chi connectivity index (χ1) is 7.22. The lowest BCUT2D eigenvalue weighted by atomic mass is 9.88. The van der Waals surface area contributed by atoms with Gasteiger partial charge in [0.05, 0.1) is 0 Å². The highest BCUT2D eigenvalue weighted by molar-refractivity contribution is 5.53. The largest absolute Gasteiger partial charge is 0.489 e. The number of allylic oxidation sites excluding steroid dienone is 3. The lowest BCUT2D eigenvalue weighted by Gasteiger charge is -2.27. The third kappa shape index (κ3) is 1.80. The molecule has 0 fully saturated rings. The molecule has 0 aromatic carbocycles. The van der Waals surface area contributed by atoms with Crippen LogP contribution in [0.5, 0.6) is 0 Å². The lowest BCUT2D eigenvalue weighted by molar-refractivity contribution is 0.240. The van der Waals surface area contributed by atoms with E-state index >= 15 is 0 Å². The highest BCUT2D eigenvalue weighted by Gasteiger charge is 2.22. The standard InChI is InChI=1S/C13H15NO/c1-9-4-5-12-10(2)11(7-14-3)8-15-13(12)6-9/h6-7H,2-5,8H2,1H3/b11-7-. The topological polar surface area (TPSA) is 21.6 Å². The second kappa shape index (κ2) is 3.89. The predicted octanol–water partition coefficient (Wildman–Crippen LogP) is 3.15. The Hall–Kier alpha value is -1.57. The molecule has 0 bridgehead atoms. The zero-order valence-corrected chi connectivity index (χ0v) is 9.05.